The van der Waals surface area contributed by atoms with E-state index >= 15 is 0 Å². The van der Waals surface area contributed by atoms with Gasteiger partial charge < -0.3 is 14.7 Å². The van der Waals surface area contributed by atoms with Crippen molar-refractivity contribution in [1.82, 2.24) is 19.7 Å². The molecule has 1 aliphatic rings. The number of aliphatic hydroxyl groups excluding tert-OH is 1. The molecule has 2 unspecified atom stereocenters. The molecule has 1 aliphatic heterocycles. The highest BCUT2D eigenvalue weighted by atomic mass is 16.5. The fraction of sp³-hybridized carbons (Fsp3) is 0.700. The van der Waals surface area contributed by atoms with Gasteiger partial charge in [0.2, 0.25) is 5.91 Å². The number of hydrogen-bond donors (Lipinski definition) is 1. The Morgan fingerprint density at radius 2 is 2.47 bits per heavy atom. The number of aliphatic hydroxyl groups is 1. The van der Waals surface area contributed by atoms with Crippen LogP contribution in [0.2, 0.25) is 0 Å². The average Bonchev–Trinajstić information content (AvgIpc) is 2.82. The highest BCUT2D eigenvalue weighted by molar-refractivity contribution is 5.76. The number of carbonyl (C=O) groups excluding carboxylic acids is 1. The maximum absolute atomic E-state index is 12.0. The molecular formula is C10H16N4O3. The fourth-order valence-electron chi connectivity index (χ4n) is 1.82. The van der Waals surface area contributed by atoms with Crippen molar-refractivity contribution < 1.29 is 14.6 Å². The van der Waals surface area contributed by atoms with Gasteiger partial charge in [-0.2, -0.15) is 5.10 Å². The standard InChI is InChI=1S/C10H16N4O3/c1-8-5-17-9(4-15)2-14(8)10(16)3-13-7-11-6-12-13/h6-9,15H,2-5H2,1H3. The minimum Gasteiger partial charge on any atom is -0.394 e. The van der Waals surface area contributed by atoms with Crippen LogP contribution in [0, 0.1) is 0 Å². The number of carbonyl (C=O) groups is 1. The predicted octanol–water partition coefficient (Wildman–Crippen LogP) is -1.11. The third-order valence-electron chi connectivity index (χ3n) is 2.79. The van der Waals surface area contributed by atoms with Gasteiger partial charge in [-0.3, -0.25) is 4.79 Å². The number of morpholine rings is 1. The molecule has 2 rings (SSSR count). The van der Waals surface area contributed by atoms with E-state index in [9.17, 15) is 4.79 Å². The van der Waals surface area contributed by atoms with E-state index in [1.54, 1.807) is 4.90 Å². The molecule has 1 saturated heterocycles. The molecule has 0 aromatic carbocycles. The molecule has 2 atom stereocenters. The first kappa shape index (κ1) is 12.0. The van der Waals surface area contributed by atoms with Crippen LogP contribution in [0.1, 0.15) is 6.92 Å². The normalized spacial score (nSPS) is 24.9. The summed E-state index contributed by atoms with van der Waals surface area (Å²) in [5.74, 6) is -0.0373. The molecule has 0 spiro atoms. The molecule has 0 radical (unpaired) electrons. The minimum absolute atomic E-state index is 0.0221. The van der Waals surface area contributed by atoms with Gasteiger partial charge in [0.25, 0.3) is 0 Å². The van der Waals surface area contributed by atoms with Gasteiger partial charge in [-0.25, -0.2) is 9.67 Å². The van der Waals surface area contributed by atoms with Crippen LogP contribution in [0.25, 0.3) is 0 Å². The number of ether oxygens (including phenoxy) is 1. The monoisotopic (exact) mass is 240 g/mol. The zero-order chi connectivity index (χ0) is 12.3. The molecule has 17 heavy (non-hydrogen) atoms. The summed E-state index contributed by atoms with van der Waals surface area (Å²) in [5, 5.41) is 12.9. The molecule has 94 valence electrons. The van der Waals surface area contributed by atoms with E-state index in [2.05, 4.69) is 10.1 Å². The van der Waals surface area contributed by atoms with Gasteiger partial charge in [-0.05, 0) is 6.92 Å². The number of nitrogens with zero attached hydrogens (tertiary/aromatic N) is 4. The Labute approximate surface area is 99.0 Å². The van der Waals surface area contributed by atoms with Crippen molar-refractivity contribution in [3.05, 3.63) is 12.7 Å². The van der Waals surface area contributed by atoms with E-state index in [-0.39, 0.29) is 31.2 Å². The van der Waals surface area contributed by atoms with E-state index in [0.717, 1.165) is 0 Å². The average molecular weight is 240 g/mol. The first-order valence-corrected chi connectivity index (χ1v) is 5.55. The van der Waals surface area contributed by atoms with Crippen LogP contribution in [0.15, 0.2) is 12.7 Å². The Morgan fingerprint density at radius 1 is 1.65 bits per heavy atom. The van der Waals surface area contributed by atoms with Gasteiger partial charge in [0.1, 0.15) is 19.2 Å². The second-order valence-corrected chi connectivity index (χ2v) is 4.13. The van der Waals surface area contributed by atoms with Crippen molar-refractivity contribution in [1.29, 1.82) is 0 Å². The van der Waals surface area contributed by atoms with Crippen molar-refractivity contribution in [2.75, 3.05) is 19.8 Å². The summed E-state index contributed by atoms with van der Waals surface area (Å²) in [6.07, 6.45) is 2.62. The zero-order valence-corrected chi connectivity index (χ0v) is 9.69. The number of aromatic nitrogens is 3. The van der Waals surface area contributed by atoms with Gasteiger partial charge in [0.05, 0.1) is 25.4 Å². The molecular weight excluding hydrogens is 224 g/mol. The van der Waals surface area contributed by atoms with Crippen molar-refractivity contribution in [3.63, 3.8) is 0 Å². The quantitative estimate of drug-likeness (QED) is 0.724. The Morgan fingerprint density at radius 3 is 3.12 bits per heavy atom. The third-order valence-corrected chi connectivity index (χ3v) is 2.79. The lowest BCUT2D eigenvalue weighted by Gasteiger charge is -2.37. The summed E-state index contributed by atoms with van der Waals surface area (Å²) >= 11 is 0. The maximum atomic E-state index is 12.0. The number of hydrogen-bond acceptors (Lipinski definition) is 5. The molecule has 1 amide bonds. The molecule has 1 N–H and O–H groups in total. The molecule has 1 aromatic rings. The molecule has 0 saturated carbocycles. The van der Waals surface area contributed by atoms with Crippen molar-refractivity contribution in [2.24, 2.45) is 0 Å². The first-order valence-electron chi connectivity index (χ1n) is 5.55. The second kappa shape index (κ2) is 5.24. The van der Waals surface area contributed by atoms with Gasteiger partial charge in [-0.1, -0.05) is 0 Å². The minimum atomic E-state index is -0.286. The Balaban J connectivity index is 1.97. The third kappa shape index (κ3) is 2.80. The lowest BCUT2D eigenvalue weighted by atomic mass is 10.2. The summed E-state index contributed by atoms with van der Waals surface area (Å²) in [5.41, 5.74) is 0. The predicted molar refractivity (Wildman–Crippen MR) is 58.0 cm³/mol. The highest BCUT2D eigenvalue weighted by Gasteiger charge is 2.29. The van der Waals surface area contributed by atoms with Crippen molar-refractivity contribution >= 4 is 5.91 Å². The van der Waals surface area contributed by atoms with Crippen LogP contribution in [0.3, 0.4) is 0 Å². The summed E-state index contributed by atoms with van der Waals surface area (Å²) in [6, 6.07) is 0.0221. The lowest BCUT2D eigenvalue weighted by Crippen LogP contribution is -2.52. The van der Waals surface area contributed by atoms with Crippen LogP contribution in [0.4, 0.5) is 0 Å². The second-order valence-electron chi connectivity index (χ2n) is 4.13. The van der Waals surface area contributed by atoms with Crippen LogP contribution < -0.4 is 0 Å². The van der Waals surface area contributed by atoms with Crippen LogP contribution in [-0.4, -0.2) is 62.6 Å². The van der Waals surface area contributed by atoms with E-state index < -0.39 is 0 Å². The van der Waals surface area contributed by atoms with Crippen LogP contribution in [0.5, 0.6) is 0 Å². The topological polar surface area (TPSA) is 80.5 Å². The highest BCUT2D eigenvalue weighted by Crippen LogP contribution is 2.12. The Hall–Kier alpha value is -1.47. The summed E-state index contributed by atoms with van der Waals surface area (Å²) in [6.45, 7) is 2.90. The Bertz CT molecular complexity index is 368. The molecule has 1 aromatic heterocycles. The van der Waals surface area contributed by atoms with E-state index in [1.807, 2.05) is 6.92 Å². The van der Waals surface area contributed by atoms with E-state index in [0.29, 0.717) is 13.2 Å². The van der Waals surface area contributed by atoms with Crippen molar-refractivity contribution in [2.45, 2.75) is 25.6 Å². The van der Waals surface area contributed by atoms with Gasteiger partial charge in [0, 0.05) is 6.54 Å². The van der Waals surface area contributed by atoms with E-state index in [1.165, 1.54) is 17.3 Å². The van der Waals surface area contributed by atoms with Gasteiger partial charge in [-0.15, -0.1) is 0 Å². The maximum Gasteiger partial charge on any atom is 0.244 e. The number of amides is 1. The zero-order valence-electron chi connectivity index (χ0n) is 9.69. The smallest absolute Gasteiger partial charge is 0.244 e. The van der Waals surface area contributed by atoms with E-state index in [4.69, 9.17) is 9.84 Å². The molecule has 7 nitrogen and oxygen atoms in total. The lowest BCUT2D eigenvalue weighted by molar-refractivity contribution is -0.147. The summed E-state index contributed by atoms with van der Waals surface area (Å²) < 4.78 is 6.86. The fourth-order valence-corrected chi connectivity index (χ4v) is 1.82. The SMILES string of the molecule is CC1COC(CO)CN1C(=O)Cn1cncn1. The molecule has 0 aliphatic carbocycles. The van der Waals surface area contributed by atoms with Gasteiger partial charge >= 0.3 is 0 Å². The van der Waals surface area contributed by atoms with Gasteiger partial charge in [0.15, 0.2) is 0 Å². The largest absolute Gasteiger partial charge is 0.394 e. The summed E-state index contributed by atoms with van der Waals surface area (Å²) in [7, 11) is 0. The number of rotatable bonds is 3. The van der Waals surface area contributed by atoms with Crippen molar-refractivity contribution in [3.8, 4) is 0 Å². The molecule has 2 heterocycles. The first-order chi connectivity index (χ1) is 8.20. The van der Waals surface area contributed by atoms with Crippen LogP contribution in [-0.2, 0) is 16.1 Å². The molecule has 7 heteroatoms. The molecule has 1 fully saturated rings. The van der Waals surface area contributed by atoms with Crippen LogP contribution >= 0.6 is 0 Å². The molecule has 0 bridgehead atoms. The Kier molecular flexibility index (Phi) is 3.70. The summed E-state index contributed by atoms with van der Waals surface area (Å²) in [4.78, 5) is 17.5.